The van der Waals surface area contributed by atoms with E-state index in [1.165, 1.54) is 19.3 Å². The molecule has 0 amide bonds. The lowest BCUT2D eigenvalue weighted by molar-refractivity contribution is 0.0454. The predicted octanol–water partition coefficient (Wildman–Crippen LogP) is 2.03. The Bertz CT molecular complexity index is 227. The minimum absolute atomic E-state index is 0.0369. The van der Waals surface area contributed by atoms with Gasteiger partial charge in [0.15, 0.2) is 0 Å². The van der Waals surface area contributed by atoms with Gasteiger partial charge in [-0.05, 0) is 19.9 Å². The monoisotopic (exact) mass is 178 g/mol. The zero-order valence-corrected chi connectivity index (χ0v) is 8.58. The van der Waals surface area contributed by atoms with Crippen molar-refractivity contribution in [3.05, 3.63) is 11.4 Å². The van der Waals surface area contributed by atoms with Crippen molar-refractivity contribution >= 4 is 0 Å². The van der Waals surface area contributed by atoms with Crippen molar-refractivity contribution in [3.63, 3.8) is 0 Å². The summed E-state index contributed by atoms with van der Waals surface area (Å²) in [6.07, 6.45) is 3.87. The summed E-state index contributed by atoms with van der Waals surface area (Å²) < 4.78 is 0. The Labute approximate surface area is 80.7 Å². The van der Waals surface area contributed by atoms with E-state index < -0.39 is 0 Å². The van der Waals surface area contributed by atoms with Gasteiger partial charge in [-0.25, -0.2) is 6.57 Å². The Hall–Kier alpha value is -0.550. The Morgan fingerprint density at radius 1 is 1.31 bits per heavy atom. The molecule has 0 aromatic carbocycles. The van der Waals surface area contributed by atoms with Gasteiger partial charge in [0.2, 0.25) is 5.54 Å². The van der Waals surface area contributed by atoms with Crippen molar-refractivity contribution in [1.82, 2.24) is 4.90 Å². The fourth-order valence-electron chi connectivity index (χ4n) is 3.09. The van der Waals surface area contributed by atoms with Gasteiger partial charge in [-0.2, -0.15) is 0 Å². The lowest BCUT2D eigenvalue weighted by Crippen LogP contribution is -2.55. The summed E-state index contributed by atoms with van der Waals surface area (Å²) in [6.45, 7) is 11.8. The molecule has 1 saturated carbocycles. The van der Waals surface area contributed by atoms with Crippen molar-refractivity contribution in [2.24, 2.45) is 11.8 Å². The van der Waals surface area contributed by atoms with Crippen LogP contribution in [0.15, 0.2) is 0 Å². The van der Waals surface area contributed by atoms with Crippen LogP contribution in [0.5, 0.6) is 0 Å². The maximum absolute atomic E-state index is 7.36. The van der Waals surface area contributed by atoms with Crippen LogP contribution in [0.3, 0.4) is 0 Å². The highest BCUT2D eigenvalue weighted by Crippen LogP contribution is 2.44. The molecule has 0 spiro atoms. The third-order valence-electron chi connectivity index (χ3n) is 4.06. The molecule has 0 N–H and O–H groups in total. The highest BCUT2D eigenvalue weighted by Gasteiger charge is 2.53. The van der Waals surface area contributed by atoms with E-state index in [9.17, 15) is 0 Å². The standard InChI is InChI=1S/C11H18N2/c1-11(12-2)9-5-4-6-10(11)8-13(3)7-9/h9-10H,4-8H2,1,3H3. The molecule has 1 heterocycles. The summed E-state index contributed by atoms with van der Waals surface area (Å²) in [5.74, 6) is 1.25. The van der Waals surface area contributed by atoms with E-state index in [-0.39, 0.29) is 5.54 Å². The molecule has 72 valence electrons. The largest absolute Gasteiger partial charge is 0.310 e. The van der Waals surface area contributed by atoms with E-state index in [1.54, 1.807) is 0 Å². The maximum Gasteiger partial charge on any atom is 0.237 e. The molecule has 1 saturated heterocycles. The molecule has 0 aromatic heterocycles. The molecule has 1 aliphatic carbocycles. The number of rotatable bonds is 0. The third kappa shape index (κ3) is 1.26. The van der Waals surface area contributed by atoms with Crippen molar-refractivity contribution in [2.45, 2.75) is 31.7 Å². The van der Waals surface area contributed by atoms with Gasteiger partial charge in [-0.1, -0.05) is 6.42 Å². The number of hydrogen-bond acceptors (Lipinski definition) is 1. The molecule has 13 heavy (non-hydrogen) atoms. The van der Waals surface area contributed by atoms with E-state index in [4.69, 9.17) is 6.57 Å². The number of fused-ring (bicyclic) bond motifs is 2. The first kappa shape index (κ1) is 9.02. The smallest absolute Gasteiger partial charge is 0.237 e. The Kier molecular flexibility index (Phi) is 2.08. The first-order valence-electron chi connectivity index (χ1n) is 5.24. The van der Waals surface area contributed by atoms with Crippen LogP contribution >= 0.6 is 0 Å². The van der Waals surface area contributed by atoms with Crippen LogP contribution < -0.4 is 0 Å². The fraction of sp³-hybridized carbons (Fsp3) is 0.909. The average molecular weight is 178 g/mol. The molecule has 2 atom stereocenters. The number of likely N-dealkylation sites (tertiary alicyclic amines) is 1. The lowest BCUT2D eigenvalue weighted by Gasteiger charge is -2.46. The van der Waals surface area contributed by atoms with E-state index in [0.717, 1.165) is 13.1 Å². The van der Waals surface area contributed by atoms with E-state index >= 15 is 0 Å². The normalized spacial score (nSPS) is 45.6. The van der Waals surface area contributed by atoms with Crippen LogP contribution in [0.1, 0.15) is 26.2 Å². The Balaban J connectivity index is 2.25. The molecule has 2 unspecified atom stereocenters. The zero-order chi connectivity index (χ0) is 9.47. The second-order valence-electron chi connectivity index (χ2n) is 4.88. The molecule has 2 heteroatoms. The first-order valence-corrected chi connectivity index (χ1v) is 5.24. The second-order valence-corrected chi connectivity index (χ2v) is 4.88. The predicted molar refractivity (Wildman–Crippen MR) is 53.3 cm³/mol. The molecule has 2 aliphatic rings. The molecule has 2 fully saturated rings. The molecule has 1 aliphatic heterocycles. The summed E-state index contributed by atoms with van der Waals surface area (Å²) in [4.78, 5) is 6.33. The van der Waals surface area contributed by atoms with Crippen LogP contribution in [-0.2, 0) is 0 Å². The first-order chi connectivity index (χ1) is 6.16. The van der Waals surface area contributed by atoms with Crippen LogP contribution in [0.4, 0.5) is 0 Å². The minimum atomic E-state index is -0.0369. The van der Waals surface area contributed by atoms with Gasteiger partial charge in [0.1, 0.15) is 0 Å². The van der Waals surface area contributed by atoms with Gasteiger partial charge >= 0.3 is 0 Å². The van der Waals surface area contributed by atoms with Gasteiger partial charge in [-0.3, -0.25) is 0 Å². The topological polar surface area (TPSA) is 7.60 Å². The van der Waals surface area contributed by atoms with Gasteiger partial charge in [0.05, 0.1) is 0 Å². The van der Waals surface area contributed by atoms with Gasteiger partial charge in [-0.15, -0.1) is 0 Å². The van der Waals surface area contributed by atoms with Crippen molar-refractivity contribution < 1.29 is 0 Å². The summed E-state index contributed by atoms with van der Waals surface area (Å²) in [7, 11) is 2.19. The fourth-order valence-corrected chi connectivity index (χ4v) is 3.09. The molecule has 2 rings (SSSR count). The lowest BCUT2D eigenvalue weighted by atomic mass is 9.65. The molecule has 0 radical (unpaired) electrons. The SMILES string of the molecule is [C-]#[N+]C1(C)C2CCCC1CN(C)C2. The quantitative estimate of drug-likeness (QED) is 0.515. The highest BCUT2D eigenvalue weighted by atomic mass is 15.1. The van der Waals surface area contributed by atoms with E-state index in [2.05, 4.69) is 23.7 Å². The van der Waals surface area contributed by atoms with Crippen molar-refractivity contribution in [3.8, 4) is 0 Å². The maximum atomic E-state index is 7.36. The van der Waals surface area contributed by atoms with Crippen molar-refractivity contribution in [2.75, 3.05) is 20.1 Å². The van der Waals surface area contributed by atoms with Gasteiger partial charge < -0.3 is 9.74 Å². The minimum Gasteiger partial charge on any atom is -0.310 e. The molecule has 2 nitrogen and oxygen atoms in total. The molecular weight excluding hydrogens is 160 g/mol. The summed E-state index contributed by atoms with van der Waals surface area (Å²) >= 11 is 0. The van der Waals surface area contributed by atoms with Crippen LogP contribution in [0.2, 0.25) is 0 Å². The number of nitrogens with zero attached hydrogens (tertiary/aromatic N) is 2. The molecule has 2 bridgehead atoms. The van der Waals surface area contributed by atoms with Gasteiger partial charge in [0, 0.05) is 31.8 Å². The van der Waals surface area contributed by atoms with E-state index in [1.807, 2.05) is 0 Å². The zero-order valence-electron chi connectivity index (χ0n) is 8.58. The highest BCUT2D eigenvalue weighted by molar-refractivity contribution is 5.10. The number of hydrogen-bond donors (Lipinski definition) is 0. The Morgan fingerprint density at radius 3 is 2.31 bits per heavy atom. The molecule has 0 aromatic rings. The van der Waals surface area contributed by atoms with Crippen LogP contribution in [-0.4, -0.2) is 30.6 Å². The van der Waals surface area contributed by atoms with Crippen LogP contribution in [0, 0.1) is 18.4 Å². The molecular formula is C11H18N2. The second kappa shape index (κ2) is 2.99. The third-order valence-corrected chi connectivity index (χ3v) is 4.06. The summed E-state index contributed by atoms with van der Waals surface area (Å²) in [5, 5.41) is 0. The summed E-state index contributed by atoms with van der Waals surface area (Å²) in [6, 6.07) is 0. The van der Waals surface area contributed by atoms with Crippen molar-refractivity contribution in [1.29, 1.82) is 0 Å². The number of piperidine rings is 1. The Morgan fingerprint density at radius 2 is 1.85 bits per heavy atom. The van der Waals surface area contributed by atoms with Crippen LogP contribution in [0.25, 0.3) is 4.85 Å². The summed E-state index contributed by atoms with van der Waals surface area (Å²) in [5.41, 5.74) is -0.0369. The van der Waals surface area contributed by atoms with Gasteiger partial charge in [0.25, 0.3) is 0 Å². The van der Waals surface area contributed by atoms with E-state index in [0.29, 0.717) is 11.8 Å². The average Bonchev–Trinajstić information content (AvgIpc) is 2.08.